The maximum atomic E-state index is 11.9. The Labute approximate surface area is 188 Å². The van der Waals surface area contributed by atoms with E-state index < -0.39 is 6.09 Å². The molecule has 0 saturated carbocycles. The Morgan fingerprint density at radius 1 is 0.967 bits per heavy atom. The van der Waals surface area contributed by atoms with Crippen molar-refractivity contribution in [1.82, 2.24) is 4.90 Å². The molecule has 1 aromatic rings. The minimum Gasteiger partial charge on any atom is -0.494 e. The average Bonchev–Trinajstić information content (AvgIpc) is 2.74. The van der Waals surface area contributed by atoms with Gasteiger partial charge in [-0.25, -0.2) is 4.79 Å². The number of carbonyl (C=O) groups excluding carboxylic acids is 1. The van der Waals surface area contributed by atoms with Gasteiger partial charge in [-0.05, 0) is 30.7 Å². The van der Waals surface area contributed by atoms with E-state index in [4.69, 9.17) is 14.2 Å². The van der Waals surface area contributed by atoms with Crippen LogP contribution in [0.5, 0.6) is 5.75 Å². The highest BCUT2D eigenvalue weighted by atomic mass is 35.5. The summed E-state index contributed by atoms with van der Waals surface area (Å²) in [7, 11) is 0. The topological polar surface area (TPSA) is 60.0 Å². The molecule has 0 aromatic heterocycles. The Kier molecular flexibility index (Phi) is 15.2. The quantitative estimate of drug-likeness (QED) is 0.385. The van der Waals surface area contributed by atoms with Crippen LogP contribution in [-0.2, 0) is 9.47 Å². The van der Waals surface area contributed by atoms with E-state index in [-0.39, 0.29) is 12.4 Å². The van der Waals surface area contributed by atoms with E-state index in [2.05, 4.69) is 17.1 Å². The maximum absolute atomic E-state index is 11.9. The molecule has 0 bridgehead atoms. The molecule has 0 atom stereocenters. The fourth-order valence-electron chi connectivity index (χ4n) is 3.31. The van der Waals surface area contributed by atoms with Crippen LogP contribution >= 0.6 is 12.4 Å². The first-order valence-corrected chi connectivity index (χ1v) is 11.2. The molecule has 30 heavy (non-hydrogen) atoms. The first kappa shape index (κ1) is 26.5. The van der Waals surface area contributed by atoms with Gasteiger partial charge in [0.25, 0.3) is 0 Å². The lowest BCUT2D eigenvalue weighted by Crippen LogP contribution is -2.38. The predicted molar refractivity (Wildman–Crippen MR) is 124 cm³/mol. The molecular weight excluding hydrogens is 404 g/mol. The number of morpholine rings is 1. The second-order valence-corrected chi connectivity index (χ2v) is 7.56. The van der Waals surface area contributed by atoms with Crippen molar-refractivity contribution in [2.75, 3.05) is 51.4 Å². The van der Waals surface area contributed by atoms with Crippen LogP contribution in [0.15, 0.2) is 24.3 Å². The molecule has 0 unspecified atom stereocenters. The maximum Gasteiger partial charge on any atom is 0.411 e. The van der Waals surface area contributed by atoms with Gasteiger partial charge in [-0.3, -0.25) is 10.2 Å². The van der Waals surface area contributed by atoms with E-state index in [1.165, 1.54) is 44.9 Å². The first-order chi connectivity index (χ1) is 14.3. The number of benzene rings is 1. The Morgan fingerprint density at radius 2 is 1.60 bits per heavy atom. The zero-order valence-electron chi connectivity index (χ0n) is 18.4. The van der Waals surface area contributed by atoms with Crippen molar-refractivity contribution < 1.29 is 19.0 Å². The van der Waals surface area contributed by atoms with Crippen molar-refractivity contribution in [2.24, 2.45) is 0 Å². The molecule has 1 N–H and O–H groups in total. The third kappa shape index (κ3) is 12.3. The van der Waals surface area contributed by atoms with Crippen LogP contribution in [0, 0.1) is 0 Å². The van der Waals surface area contributed by atoms with Gasteiger partial charge in [0, 0.05) is 25.3 Å². The highest BCUT2D eigenvalue weighted by Crippen LogP contribution is 2.17. The van der Waals surface area contributed by atoms with Crippen molar-refractivity contribution in [3.8, 4) is 5.75 Å². The molecule has 2 rings (SSSR count). The summed E-state index contributed by atoms with van der Waals surface area (Å²) in [5, 5.41) is 2.75. The zero-order valence-corrected chi connectivity index (χ0v) is 19.2. The number of anilines is 1. The van der Waals surface area contributed by atoms with E-state index in [0.29, 0.717) is 12.3 Å². The minimum absolute atomic E-state index is 0. The molecule has 7 heteroatoms. The van der Waals surface area contributed by atoms with Gasteiger partial charge in [-0.1, -0.05) is 51.9 Å². The van der Waals surface area contributed by atoms with Gasteiger partial charge in [0.05, 0.1) is 19.8 Å². The summed E-state index contributed by atoms with van der Waals surface area (Å²) >= 11 is 0. The second kappa shape index (κ2) is 17.2. The molecule has 1 amide bonds. The molecule has 0 spiro atoms. The van der Waals surface area contributed by atoms with Gasteiger partial charge in [-0.15, -0.1) is 12.4 Å². The molecule has 1 aliphatic rings. The number of ether oxygens (including phenoxy) is 3. The second-order valence-electron chi connectivity index (χ2n) is 7.56. The third-order valence-electron chi connectivity index (χ3n) is 5.11. The van der Waals surface area contributed by atoms with Gasteiger partial charge < -0.3 is 14.2 Å². The minimum atomic E-state index is -0.425. The van der Waals surface area contributed by atoms with Crippen LogP contribution < -0.4 is 10.1 Å². The molecule has 6 nitrogen and oxygen atoms in total. The third-order valence-corrected chi connectivity index (χ3v) is 5.11. The van der Waals surface area contributed by atoms with Crippen LogP contribution in [0.3, 0.4) is 0 Å². The molecule has 172 valence electrons. The summed E-state index contributed by atoms with van der Waals surface area (Å²) in [4.78, 5) is 14.1. The van der Waals surface area contributed by atoms with E-state index in [1.54, 1.807) is 0 Å². The van der Waals surface area contributed by atoms with Gasteiger partial charge in [0.2, 0.25) is 0 Å². The molecule has 0 aliphatic carbocycles. The smallest absolute Gasteiger partial charge is 0.411 e. The van der Waals surface area contributed by atoms with Crippen molar-refractivity contribution in [3.63, 3.8) is 0 Å². The molecule has 1 aliphatic heterocycles. The fourth-order valence-corrected chi connectivity index (χ4v) is 3.31. The van der Waals surface area contributed by atoms with Gasteiger partial charge in [0.1, 0.15) is 12.4 Å². The van der Waals surface area contributed by atoms with Gasteiger partial charge in [-0.2, -0.15) is 0 Å². The predicted octanol–water partition coefficient (Wildman–Crippen LogP) is 5.51. The summed E-state index contributed by atoms with van der Waals surface area (Å²) in [5.41, 5.74) is 0.709. The number of rotatable bonds is 14. The van der Waals surface area contributed by atoms with Crippen molar-refractivity contribution in [2.45, 2.75) is 58.3 Å². The van der Waals surface area contributed by atoms with Crippen LogP contribution in [0.1, 0.15) is 58.3 Å². The first-order valence-electron chi connectivity index (χ1n) is 11.2. The summed E-state index contributed by atoms with van der Waals surface area (Å²) < 4.78 is 16.3. The Hall–Kier alpha value is -1.50. The summed E-state index contributed by atoms with van der Waals surface area (Å²) in [6.07, 6.45) is 9.91. The lowest BCUT2D eigenvalue weighted by molar-refractivity contribution is 0.0290. The normalized spacial score (nSPS) is 14.0. The largest absolute Gasteiger partial charge is 0.494 e. The number of hydrogen-bond acceptors (Lipinski definition) is 5. The summed E-state index contributed by atoms with van der Waals surface area (Å²) in [6.45, 7) is 7.40. The van der Waals surface area contributed by atoms with E-state index in [1.807, 2.05) is 24.3 Å². The van der Waals surface area contributed by atoms with Crippen molar-refractivity contribution in [3.05, 3.63) is 24.3 Å². The van der Waals surface area contributed by atoms with Crippen LogP contribution in [0.2, 0.25) is 0 Å². The number of hydrogen-bond donors (Lipinski definition) is 1. The van der Waals surface area contributed by atoms with Gasteiger partial charge >= 0.3 is 6.09 Å². The van der Waals surface area contributed by atoms with E-state index in [0.717, 1.165) is 51.6 Å². The standard InChI is InChI=1S/C23H38N2O4.ClH/c1-2-3-4-5-6-7-8-9-17-28-22-12-10-21(11-13-22)24-23(26)29-20-16-25-14-18-27-19-15-25;/h10-13H,2-9,14-20H2,1H3,(H,24,26);1H. The average molecular weight is 443 g/mol. The Bertz CT molecular complexity index is 551. The molecule has 1 heterocycles. The lowest BCUT2D eigenvalue weighted by atomic mass is 10.1. The van der Waals surface area contributed by atoms with Crippen molar-refractivity contribution in [1.29, 1.82) is 0 Å². The van der Waals surface area contributed by atoms with Gasteiger partial charge in [0.15, 0.2) is 0 Å². The summed E-state index contributed by atoms with van der Waals surface area (Å²) in [5.74, 6) is 0.833. The highest BCUT2D eigenvalue weighted by molar-refractivity contribution is 5.85. The number of amides is 1. The Balaban J connectivity index is 0.00000450. The molecule has 1 saturated heterocycles. The van der Waals surface area contributed by atoms with Crippen LogP contribution in [-0.4, -0.2) is 57.1 Å². The van der Waals surface area contributed by atoms with E-state index in [9.17, 15) is 4.79 Å². The number of carbonyl (C=O) groups is 1. The fraction of sp³-hybridized carbons (Fsp3) is 0.696. The summed E-state index contributed by atoms with van der Waals surface area (Å²) in [6, 6.07) is 7.45. The monoisotopic (exact) mass is 442 g/mol. The molecular formula is C23H39ClN2O4. The highest BCUT2D eigenvalue weighted by Gasteiger charge is 2.11. The molecule has 0 radical (unpaired) electrons. The zero-order chi connectivity index (χ0) is 20.6. The number of nitrogens with zero attached hydrogens (tertiary/aromatic N) is 1. The van der Waals surface area contributed by atoms with Crippen LogP contribution in [0.25, 0.3) is 0 Å². The number of nitrogens with one attached hydrogen (secondary N) is 1. The Morgan fingerprint density at radius 3 is 2.27 bits per heavy atom. The van der Waals surface area contributed by atoms with Crippen molar-refractivity contribution >= 4 is 24.2 Å². The number of unbranched alkanes of at least 4 members (excludes halogenated alkanes) is 7. The number of halogens is 1. The molecule has 1 fully saturated rings. The SMILES string of the molecule is CCCCCCCCCCOc1ccc(NC(=O)OCCN2CCOCC2)cc1.Cl. The van der Waals surface area contributed by atoms with Crippen LogP contribution in [0.4, 0.5) is 10.5 Å². The lowest BCUT2D eigenvalue weighted by Gasteiger charge is -2.26. The molecule has 1 aromatic carbocycles. The van der Waals surface area contributed by atoms with E-state index >= 15 is 0 Å².